The predicted molar refractivity (Wildman–Crippen MR) is 99.1 cm³/mol. The molecule has 0 aliphatic carbocycles. The zero-order valence-corrected chi connectivity index (χ0v) is 13.4. The Morgan fingerprint density at radius 3 is 1.87 bits per heavy atom. The highest BCUT2D eigenvalue weighted by Crippen LogP contribution is 2.19. The van der Waals surface area contributed by atoms with Gasteiger partial charge in [0.15, 0.2) is 0 Å². The second-order valence-electron chi connectivity index (χ2n) is 5.65. The smallest absolute Gasteiger partial charge is 0.0568 e. The summed E-state index contributed by atoms with van der Waals surface area (Å²) >= 11 is 0. The first kappa shape index (κ1) is 15.3. The third-order valence-corrected chi connectivity index (χ3v) is 4.04. The van der Waals surface area contributed by atoms with Crippen molar-refractivity contribution in [3.05, 3.63) is 59.7 Å². The second kappa shape index (κ2) is 7.58. The van der Waals surface area contributed by atoms with Gasteiger partial charge in [-0.15, -0.1) is 0 Å². The fourth-order valence-electron chi connectivity index (χ4n) is 2.68. The highest BCUT2D eigenvalue weighted by Gasteiger charge is 2.11. The Labute approximate surface area is 137 Å². The van der Waals surface area contributed by atoms with Gasteiger partial charge in [-0.1, -0.05) is 24.3 Å². The molecule has 23 heavy (non-hydrogen) atoms. The maximum absolute atomic E-state index is 4.12. The largest absolute Gasteiger partial charge is 0.388 e. The number of nitrogens with zero attached hydrogens (tertiary/aromatic N) is 3. The maximum Gasteiger partial charge on any atom is 0.0568 e. The molecule has 0 amide bonds. The summed E-state index contributed by atoms with van der Waals surface area (Å²) in [6.45, 7) is 2.34. The van der Waals surface area contributed by atoms with Gasteiger partial charge < -0.3 is 10.2 Å². The molecule has 0 saturated carbocycles. The van der Waals surface area contributed by atoms with Gasteiger partial charge in [-0.3, -0.25) is 0 Å². The number of hydrogen-bond donors (Lipinski definition) is 1. The van der Waals surface area contributed by atoms with E-state index in [0.29, 0.717) is 0 Å². The average Bonchev–Trinajstić information content (AvgIpc) is 3.14. The normalized spacial score (nSPS) is 14.9. The molecule has 0 unspecified atom stereocenters. The Morgan fingerprint density at radius 1 is 0.826 bits per heavy atom. The first-order valence-corrected chi connectivity index (χ1v) is 8.04. The zero-order chi connectivity index (χ0) is 15.9. The van der Waals surface area contributed by atoms with Crippen LogP contribution in [0.25, 0.3) is 0 Å². The van der Waals surface area contributed by atoms with Gasteiger partial charge in [0.1, 0.15) is 0 Å². The van der Waals surface area contributed by atoms with E-state index < -0.39 is 0 Å². The molecule has 0 radical (unpaired) electrons. The average molecular weight is 306 g/mol. The quantitative estimate of drug-likeness (QED) is 0.674. The van der Waals surface area contributed by atoms with Gasteiger partial charge in [0.25, 0.3) is 0 Å². The highest BCUT2D eigenvalue weighted by molar-refractivity contribution is 5.83. The summed E-state index contributed by atoms with van der Waals surface area (Å²) in [6.07, 6.45) is 6.14. The summed E-state index contributed by atoms with van der Waals surface area (Å²) in [5.74, 6) is 0. The molecule has 3 rings (SSSR count). The van der Waals surface area contributed by atoms with E-state index >= 15 is 0 Å². The van der Waals surface area contributed by atoms with E-state index in [2.05, 4.69) is 44.7 Å². The van der Waals surface area contributed by atoms with E-state index in [1.54, 1.807) is 12.4 Å². The Morgan fingerprint density at radius 2 is 1.35 bits per heavy atom. The van der Waals surface area contributed by atoms with Crippen LogP contribution in [0.3, 0.4) is 0 Å². The van der Waals surface area contributed by atoms with Crippen molar-refractivity contribution in [1.82, 2.24) is 0 Å². The SMILES string of the molecule is CNc1ccc(/C=N/N=C/c2ccc(N3CCCC3)cc2)cc1. The van der Waals surface area contributed by atoms with Crippen molar-refractivity contribution >= 4 is 23.8 Å². The molecule has 1 fully saturated rings. The third kappa shape index (κ3) is 4.19. The fraction of sp³-hybridized carbons (Fsp3) is 0.263. The van der Waals surface area contributed by atoms with Crippen molar-refractivity contribution in [1.29, 1.82) is 0 Å². The van der Waals surface area contributed by atoms with Crippen molar-refractivity contribution in [2.75, 3.05) is 30.4 Å². The molecule has 2 aromatic rings. The fourth-order valence-corrected chi connectivity index (χ4v) is 2.68. The molecule has 118 valence electrons. The molecule has 1 saturated heterocycles. The number of anilines is 2. The van der Waals surface area contributed by atoms with E-state index in [4.69, 9.17) is 0 Å². The minimum atomic E-state index is 1.03. The van der Waals surface area contributed by atoms with Crippen LogP contribution in [0.1, 0.15) is 24.0 Å². The minimum absolute atomic E-state index is 1.03. The summed E-state index contributed by atoms with van der Waals surface area (Å²) < 4.78 is 0. The number of benzene rings is 2. The van der Waals surface area contributed by atoms with E-state index in [1.807, 2.05) is 31.3 Å². The molecule has 2 aromatic carbocycles. The Bertz CT molecular complexity index is 666. The van der Waals surface area contributed by atoms with Crippen LogP contribution in [-0.4, -0.2) is 32.6 Å². The molecule has 1 aliphatic rings. The van der Waals surface area contributed by atoms with Crippen LogP contribution in [0, 0.1) is 0 Å². The van der Waals surface area contributed by atoms with Crippen LogP contribution in [0.5, 0.6) is 0 Å². The highest BCUT2D eigenvalue weighted by atomic mass is 15.2. The van der Waals surface area contributed by atoms with Gasteiger partial charge in [-0.2, -0.15) is 10.2 Å². The monoisotopic (exact) mass is 306 g/mol. The van der Waals surface area contributed by atoms with E-state index in [9.17, 15) is 0 Å². The molecule has 4 heteroatoms. The number of rotatable bonds is 5. The van der Waals surface area contributed by atoms with Crippen molar-refractivity contribution in [3.8, 4) is 0 Å². The standard InChI is InChI=1S/C19H22N4/c1-20-18-8-4-16(5-9-18)14-21-22-15-17-6-10-19(11-7-17)23-12-2-3-13-23/h4-11,14-15,20H,2-3,12-13H2,1H3/b21-14+,22-15+. The van der Waals surface area contributed by atoms with Crippen LogP contribution in [0.15, 0.2) is 58.7 Å². The molecule has 0 aromatic heterocycles. The van der Waals surface area contributed by atoms with Crippen LogP contribution >= 0.6 is 0 Å². The zero-order valence-electron chi connectivity index (χ0n) is 13.4. The topological polar surface area (TPSA) is 40.0 Å². The summed E-state index contributed by atoms with van der Waals surface area (Å²) in [6, 6.07) is 16.6. The van der Waals surface area contributed by atoms with E-state index in [0.717, 1.165) is 16.8 Å². The van der Waals surface area contributed by atoms with Crippen LogP contribution in [0.4, 0.5) is 11.4 Å². The summed E-state index contributed by atoms with van der Waals surface area (Å²) in [5.41, 5.74) is 4.48. The van der Waals surface area contributed by atoms with Gasteiger partial charge >= 0.3 is 0 Å². The Kier molecular flexibility index (Phi) is 5.04. The molecule has 1 aliphatic heterocycles. The number of nitrogens with one attached hydrogen (secondary N) is 1. The lowest BCUT2D eigenvalue weighted by molar-refractivity contribution is 0.949. The van der Waals surface area contributed by atoms with Crippen molar-refractivity contribution in [3.63, 3.8) is 0 Å². The van der Waals surface area contributed by atoms with Crippen molar-refractivity contribution < 1.29 is 0 Å². The summed E-state index contributed by atoms with van der Waals surface area (Å²) in [5, 5.41) is 11.3. The van der Waals surface area contributed by atoms with Gasteiger partial charge in [0.2, 0.25) is 0 Å². The maximum atomic E-state index is 4.12. The second-order valence-corrected chi connectivity index (χ2v) is 5.65. The first-order valence-electron chi connectivity index (χ1n) is 8.04. The first-order chi connectivity index (χ1) is 11.3. The molecule has 0 atom stereocenters. The summed E-state index contributed by atoms with van der Waals surface area (Å²) in [7, 11) is 1.91. The van der Waals surface area contributed by atoms with Gasteiger partial charge in [-0.05, 0) is 48.2 Å². The molecule has 1 heterocycles. The molecule has 0 bridgehead atoms. The number of hydrogen-bond acceptors (Lipinski definition) is 4. The van der Waals surface area contributed by atoms with Crippen molar-refractivity contribution in [2.24, 2.45) is 10.2 Å². The van der Waals surface area contributed by atoms with E-state index in [1.165, 1.54) is 31.6 Å². The third-order valence-electron chi connectivity index (χ3n) is 4.04. The molecule has 4 nitrogen and oxygen atoms in total. The molecular weight excluding hydrogens is 284 g/mol. The van der Waals surface area contributed by atoms with Crippen LogP contribution < -0.4 is 10.2 Å². The lowest BCUT2D eigenvalue weighted by atomic mass is 10.2. The Balaban J connectivity index is 1.57. The lowest BCUT2D eigenvalue weighted by Gasteiger charge is -2.17. The van der Waals surface area contributed by atoms with Gasteiger partial charge in [0, 0.05) is 31.5 Å². The lowest BCUT2D eigenvalue weighted by Crippen LogP contribution is -2.17. The predicted octanol–water partition coefficient (Wildman–Crippen LogP) is 3.78. The minimum Gasteiger partial charge on any atom is -0.388 e. The van der Waals surface area contributed by atoms with Gasteiger partial charge in [0.05, 0.1) is 12.4 Å². The molecular formula is C19H22N4. The Hall–Kier alpha value is -2.62. The van der Waals surface area contributed by atoms with Crippen molar-refractivity contribution in [2.45, 2.75) is 12.8 Å². The molecule has 0 spiro atoms. The molecule has 1 N–H and O–H groups in total. The van der Waals surface area contributed by atoms with E-state index in [-0.39, 0.29) is 0 Å². The summed E-state index contributed by atoms with van der Waals surface area (Å²) in [4.78, 5) is 2.42. The van der Waals surface area contributed by atoms with Crippen LogP contribution in [-0.2, 0) is 0 Å². The van der Waals surface area contributed by atoms with Gasteiger partial charge in [-0.25, -0.2) is 0 Å². The van der Waals surface area contributed by atoms with Crippen LogP contribution in [0.2, 0.25) is 0 Å².